The Morgan fingerprint density at radius 3 is 2.31 bits per heavy atom. The van der Waals surface area contributed by atoms with Gasteiger partial charge < -0.3 is 15.6 Å². The fourth-order valence-corrected chi connectivity index (χ4v) is 4.85. The summed E-state index contributed by atoms with van der Waals surface area (Å²) in [6.45, 7) is 10.4. The molecule has 1 fully saturated rings. The van der Waals surface area contributed by atoms with Gasteiger partial charge in [-0.2, -0.15) is 4.39 Å². The van der Waals surface area contributed by atoms with Crippen molar-refractivity contribution in [2.45, 2.75) is 26.8 Å². The number of aromatic amines is 1. The van der Waals surface area contributed by atoms with Gasteiger partial charge in [-0.15, -0.1) is 0 Å². The minimum Gasteiger partial charge on any atom is -0.383 e. The van der Waals surface area contributed by atoms with Gasteiger partial charge in [-0.1, -0.05) is 18.2 Å². The van der Waals surface area contributed by atoms with Crippen molar-refractivity contribution in [1.82, 2.24) is 14.9 Å². The normalized spacial score (nSPS) is 14.7. The lowest BCUT2D eigenvalue weighted by molar-refractivity contribution is 0.209. The van der Waals surface area contributed by atoms with Crippen molar-refractivity contribution in [2.75, 3.05) is 36.8 Å². The maximum atomic E-state index is 14.9. The van der Waals surface area contributed by atoms with E-state index in [0.29, 0.717) is 22.6 Å². The Morgan fingerprint density at radius 1 is 0.943 bits per heavy atom. The number of hydrogen-bond acceptors (Lipinski definition) is 5. The van der Waals surface area contributed by atoms with Gasteiger partial charge in [0.25, 0.3) is 5.56 Å². The SMILES string of the molecule is Cc1c[nH]c(=O)c2ccc(-c3cc(-c4ccc(N5CCN(C(C)C)CC5)cc4)c(F)nc3N)cc12. The number of pyridine rings is 2. The van der Waals surface area contributed by atoms with Gasteiger partial charge in [0, 0.05) is 60.6 Å². The lowest BCUT2D eigenvalue weighted by atomic mass is 9.97. The number of fused-ring (bicyclic) bond motifs is 1. The van der Waals surface area contributed by atoms with Crippen molar-refractivity contribution in [2.24, 2.45) is 0 Å². The monoisotopic (exact) mass is 471 g/mol. The van der Waals surface area contributed by atoms with Gasteiger partial charge in [-0.25, -0.2) is 4.98 Å². The van der Waals surface area contributed by atoms with E-state index in [2.05, 4.69) is 33.6 Å². The van der Waals surface area contributed by atoms with Gasteiger partial charge in [0.15, 0.2) is 0 Å². The molecule has 1 saturated heterocycles. The molecule has 5 rings (SSSR count). The van der Waals surface area contributed by atoms with Gasteiger partial charge in [0.05, 0.1) is 0 Å². The van der Waals surface area contributed by atoms with E-state index in [1.807, 2.05) is 43.3 Å². The Balaban J connectivity index is 1.47. The lowest BCUT2D eigenvalue weighted by Gasteiger charge is -2.38. The van der Waals surface area contributed by atoms with Crippen molar-refractivity contribution < 1.29 is 4.39 Å². The molecule has 4 aromatic rings. The van der Waals surface area contributed by atoms with E-state index in [-0.39, 0.29) is 11.4 Å². The predicted octanol–water partition coefficient (Wildman–Crippen LogP) is 4.82. The van der Waals surface area contributed by atoms with E-state index in [9.17, 15) is 9.18 Å². The number of hydrogen-bond donors (Lipinski definition) is 2. The first-order valence-corrected chi connectivity index (χ1v) is 12.0. The Bertz CT molecular complexity index is 1440. The second-order valence-corrected chi connectivity index (χ2v) is 9.48. The second kappa shape index (κ2) is 9.15. The molecule has 0 amide bonds. The predicted molar refractivity (Wildman–Crippen MR) is 141 cm³/mol. The summed E-state index contributed by atoms with van der Waals surface area (Å²) in [5.41, 5.74) is 10.6. The fourth-order valence-electron chi connectivity index (χ4n) is 4.85. The Hall–Kier alpha value is -3.71. The van der Waals surface area contributed by atoms with Crippen LogP contribution in [0.2, 0.25) is 0 Å². The number of anilines is 2. The van der Waals surface area contributed by atoms with Gasteiger partial charge in [-0.05, 0) is 73.2 Å². The number of halogens is 1. The molecule has 0 radical (unpaired) electrons. The molecule has 0 spiro atoms. The van der Waals surface area contributed by atoms with Crippen LogP contribution in [0, 0.1) is 12.9 Å². The standard InChI is InChI=1S/C28H30FN5O/c1-17(2)33-10-12-34(13-11-33)21-7-4-19(5-8-21)24-15-25(27(30)32-26(24)29)20-6-9-22-23(14-20)18(3)16-31-28(22)35/h4-9,14-17H,10-13H2,1-3H3,(H2,30,32)(H,31,35). The highest BCUT2D eigenvalue weighted by Gasteiger charge is 2.19. The smallest absolute Gasteiger partial charge is 0.255 e. The summed E-state index contributed by atoms with van der Waals surface area (Å²) in [5.74, 6) is -0.481. The van der Waals surface area contributed by atoms with E-state index in [1.54, 1.807) is 18.3 Å². The number of nitrogens with zero attached hydrogens (tertiary/aromatic N) is 3. The number of rotatable bonds is 4. The molecule has 1 aliphatic heterocycles. The molecule has 3 N–H and O–H groups in total. The molecule has 2 aromatic heterocycles. The zero-order valence-electron chi connectivity index (χ0n) is 20.3. The van der Waals surface area contributed by atoms with Gasteiger partial charge in [-0.3, -0.25) is 9.69 Å². The molecule has 1 aliphatic rings. The molecular formula is C28H30FN5O. The summed E-state index contributed by atoms with van der Waals surface area (Å²) in [7, 11) is 0. The summed E-state index contributed by atoms with van der Waals surface area (Å²) >= 11 is 0. The number of nitrogen functional groups attached to an aromatic ring is 1. The molecule has 0 saturated carbocycles. The number of piperazine rings is 1. The van der Waals surface area contributed by atoms with Crippen LogP contribution in [0.25, 0.3) is 33.0 Å². The largest absolute Gasteiger partial charge is 0.383 e. The second-order valence-electron chi connectivity index (χ2n) is 9.48. The van der Waals surface area contributed by atoms with Crippen LogP contribution in [0.3, 0.4) is 0 Å². The summed E-state index contributed by atoms with van der Waals surface area (Å²) in [6, 6.07) is 15.8. The Morgan fingerprint density at radius 2 is 1.63 bits per heavy atom. The highest BCUT2D eigenvalue weighted by Crippen LogP contribution is 2.34. The fraction of sp³-hybridized carbons (Fsp3) is 0.286. The van der Waals surface area contributed by atoms with Crippen LogP contribution >= 0.6 is 0 Å². The zero-order valence-corrected chi connectivity index (χ0v) is 20.3. The van der Waals surface area contributed by atoms with E-state index >= 15 is 0 Å². The number of benzene rings is 2. The highest BCUT2D eigenvalue weighted by molar-refractivity contribution is 5.91. The van der Waals surface area contributed by atoms with Gasteiger partial charge in [0.1, 0.15) is 5.82 Å². The van der Waals surface area contributed by atoms with Crippen LogP contribution in [0.1, 0.15) is 19.4 Å². The van der Waals surface area contributed by atoms with Gasteiger partial charge >= 0.3 is 0 Å². The van der Waals surface area contributed by atoms with E-state index < -0.39 is 5.95 Å². The molecular weight excluding hydrogens is 441 g/mol. The Labute approximate surface area is 204 Å². The van der Waals surface area contributed by atoms with Crippen LogP contribution in [0.15, 0.2) is 59.5 Å². The third-order valence-corrected chi connectivity index (χ3v) is 7.01. The van der Waals surface area contributed by atoms with Crippen molar-refractivity contribution in [3.63, 3.8) is 0 Å². The minimum atomic E-state index is -0.599. The molecule has 0 bridgehead atoms. The van der Waals surface area contributed by atoms with Crippen LogP contribution in [-0.4, -0.2) is 47.1 Å². The first-order valence-electron chi connectivity index (χ1n) is 12.0. The number of aromatic nitrogens is 2. The quantitative estimate of drug-likeness (QED) is 0.418. The summed E-state index contributed by atoms with van der Waals surface area (Å²) in [5, 5.41) is 1.44. The summed E-state index contributed by atoms with van der Waals surface area (Å²) in [4.78, 5) is 23.8. The molecule has 180 valence electrons. The molecule has 2 aromatic carbocycles. The van der Waals surface area contributed by atoms with E-state index in [4.69, 9.17) is 5.73 Å². The van der Waals surface area contributed by atoms with Crippen LogP contribution in [0.4, 0.5) is 15.9 Å². The molecule has 0 atom stereocenters. The van der Waals surface area contributed by atoms with Crippen molar-refractivity contribution in [3.05, 3.63) is 76.6 Å². The summed E-state index contributed by atoms with van der Waals surface area (Å²) in [6.07, 6.45) is 1.69. The average molecular weight is 472 g/mol. The number of nitrogens with one attached hydrogen (secondary N) is 1. The summed E-state index contributed by atoms with van der Waals surface area (Å²) < 4.78 is 14.9. The topological polar surface area (TPSA) is 78.2 Å². The van der Waals surface area contributed by atoms with Gasteiger partial charge in [0.2, 0.25) is 5.95 Å². The lowest BCUT2D eigenvalue weighted by Crippen LogP contribution is -2.48. The molecule has 7 heteroatoms. The van der Waals surface area contributed by atoms with Crippen molar-refractivity contribution in [1.29, 1.82) is 0 Å². The molecule has 0 aliphatic carbocycles. The number of aryl methyl sites for hydroxylation is 1. The number of H-pyrrole nitrogens is 1. The first kappa shape index (κ1) is 23.1. The number of nitrogens with two attached hydrogens (primary N) is 1. The van der Waals surface area contributed by atoms with Crippen LogP contribution in [0.5, 0.6) is 0 Å². The molecule has 6 nitrogen and oxygen atoms in total. The Kier molecular flexibility index (Phi) is 6.03. The van der Waals surface area contributed by atoms with Crippen molar-refractivity contribution in [3.8, 4) is 22.3 Å². The first-order chi connectivity index (χ1) is 16.8. The average Bonchev–Trinajstić information content (AvgIpc) is 2.86. The maximum absolute atomic E-state index is 14.9. The third-order valence-electron chi connectivity index (χ3n) is 7.01. The van der Waals surface area contributed by atoms with Crippen LogP contribution < -0.4 is 16.2 Å². The highest BCUT2D eigenvalue weighted by atomic mass is 19.1. The molecule has 35 heavy (non-hydrogen) atoms. The minimum absolute atomic E-state index is 0.118. The molecule has 3 heterocycles. The third kappa shape index (κ3) is 4.39. The zero-order chi connectivity index (χ0) is 24.7. The molecule has 0 unspecified atom stereocenters. The van der Waals surface area contributed by atoms with Crippen LogP contribution in [-0.2, 0) is 0 Å². The van der Waals surface area contributed by atoms with Crippen molar-refractivity contribution >= 4 is 22.3 Å². The maximum Gasteiger partial charge on any atom is 0.255 e. The van der Waals surface area contributed by atoms with E-state index in [0.717, 1.165) is 53.9 Å². The van der Waals surface area contributed by atoms with E-state index in [1.165, 1.54) is 0 Å².